The van der Waals surface area contributed by atoms with Crippen molar-refractivity contribution in [2.45, 2.75) is 13.8 Å². The van der Waals surface area contributed by atoms with Crippen molar-refractivity contribution in [1.29, 1.82) is 0 Å². The Morgan fingerprint density at radius 1 is 1.07 bits per heavy atom. The normalized spacial score (nSPS) is 11.4. The van der Waals surface area contributed by atoms with Crippen molar-refractivity contribution < 1.29 is 9.90 Å². The number of fused-ring (bicyclic) bond motifs is 1. The van der Waals surface area contributed by atoms with Gasteiger partial charge in [-0.2, -0.15) is 0 Å². The highest BCUT2D eigenvalue weighted by Crippen LogP contribution is 2.23. The summed E-state index contributed by atoms with van der Waals surface area (Å²) in [5.74, 6) is -0.940. The Kier molecular flexibility index (Phi) is 4.49. The van der Waals surface area contributed by atoms with Gasteiger partial charge in [0, 0.05) is 40.4 Å². The minimum absolute atomic E-state index is 0.253. The van der Waals surface area contributed by atoms with Gasteiger partial charge in [0.05, 0.1) is 16.8 Å². The Hall–Kier alpha value is -3.73. The average molecular weight is 369 g/mol. The number of aromatic carboxylic acids is 1. The second-order valence-electron chi connectivity index (χ2n) is 6.65. The van der Waals surface area contributed by atoms with Crippen LogP contribution in [0.25, 0.3) is 16.6 Å². The number of aromatic nitrogens is 2. The fourth-order valence-corrected chi connectivity index (χ4v) is 3.35. The molecular formula is C23H19N3O2. The Labute approximate surface area is 162 Å². The zero-order chi connectivity index (χ0) is 19.7. The molecule has 2 heterocycles. The highest BCUT2D eigenvalue weighted by Gasteiger charge is 2.10. The number of nitrogens with zero attached hydrogens (tertiary/aromatic N) is 3. The summed E-state index contributed by atoms with van der Waals surface area (Å²) in [5.41, 5.74) is 6.25. The van der Waals surface area contributed by atoms with Gasteiger partial charge in [0.15, 0.2) is 0 Å². The predicted molar refractivity (Wildman–Crippen MR) is 111 cm³/mol. The molecule has 0 aliphatic carbocycles. The van der Waals surface area contributed by atoms with Gasteiger partial charge >= 0.3 is 5.97 Å². The molecular weight excluding hydrogens is 350 g/mol. The van der Waals surface area contributed by atoms with Crippen molar-refractivity contribution in [2.24, 2.45) is 4.99 Å². The number of benzene rings is 2. The third-order valence-electron chi connectivity index (χ3n) is 4.78. The first-order valence-corrected chi connectivity index (χ1v) is 8.94. The van der Waals surface area contributed by atoms with Crippen LogP contribution in [0, 0.1) is 13.8 Å². The Morgan fingerprint density at radius 3 is 2.61 bits per heavy atom. The van der Waals surface area contributed by atoms with E-state index >= 15 is 0 Å². The molecule has 0 saturated carbocycles. The lowest BCUT2D eigenvalue weighted by Gasteiger charge is -2.10. The lowest BCUT2D eigenvalue weighted by Crippen LogP contribution is -1.99. The van der Waals surface area contributed by atoms with E-state index in [0.29, 0.717) is 5.69 Å². The quantitative estimate of drug-likeness (QED) is 0.509. The van der Waals surface area contributed by atoms with Gasteiger partial charge in [0.25, 0.3) is 0 Å². The van der Waals surface area contributed by atoms with Gasteiger partial charge in [-0.25, -0.2) is 4.79 Å². The third-order valence-corrected chi connectivity index (χ3v) is 4.78. The van der Waals surface area contributed by atoms with Crippen molar-refractivity contribution in [3.05, 3.63) is 89.4 Å². The zero-order valence-corrected chi connectivity index (χ0v) is 15.6. The van der Waals surface area contributed by atoms with Gasteiger partial charge in [-0.1, -0.05) is 6.07 Å². The largest absolute Gasteiger partial charge is 0.478 e. The summed E-state index contributed by atoms with van der Waals surface area (Å²) in [5, 5.41) is 10.1. The molecule has 4 rings (SSSR count). The summed E-state index contributed by atoms with van der Waals surface area (Å²) in [6, 6.07) is 18.8. The molecule has 0 amide bonds. The zero-order valence-electron chi connectivity index (χ0n) is 15.6. The maximum absolute atomic E-state index is 10.9. The van der Waals surface area contributed by atoms with Gasteiger partial charge in [-0.05, 0) is 68.4 Å². The smallest absolute Gasteiger partial charge is 0.335 e. The average Bonchev–Trinajstić information content (AvgIpc) is 2.99. The molecule has 0 saturated heterocycles. The summed E-state index contributed by atoms with van der Waals surface area (Å²) in [4.78, 5) is 19.8. The van der Waals surface area contributed by atoms with E-state index in [4.69, 9.17) is 5.11 Å². The summed E-state index contributed by atoms with van der Waals surface area (Å²) in [6.07, 6.45) is 3.61. The lowest BCUT2D eigenvalue weighted by atomic mass is 10.2. The molecule has 0 aliphatic heterocycles. The number of carboxylic acids is 1. The van der Waals surface area contributed by atoms with Crippen LogP contribution in [0.15, 0.2) is 71.9 Å². The topological polar surface area (TPSA) is 67.5 Å². The molecule has 1 N–H and O–H groups in total. The highest BCUT2D eigenvalue weighted by atomic mass is 16.4. The second kappa shape index (κ2) is 7.12. The predicted octanol–water partition coefficient (Wildman–Crippen LogP) is 5.09. The summed E-state index contributed by atoms with van der Waals surface area (Å²) >= 11 is 0. The minimum atomic E-state index is -0.940. The minimum Gasteiger partial charge on any atom is -0.478 e. The molecule has 2 aromatic heterocycles. The van der Waals surface area contributed by atoms with Crippen LogP contribution >= 0.6 is 0 Å². The van der Waals surface area contributed by atoms with Gasteiger partial charge in [-0.3, -0.25) is 9.98 Å². The van der Waals surface area contributed by atoms with E-state index in [-0.39, 0.29) is 5.56 Å². The molecule has 0 spiro atoms. The van der Waals surface area contributed by atoms with E-state index in [1.54, 1.807) is 30.5 Å². The molecule has 0 unspecified atom stereocenters. The highest BCUT2D eigenvalue weighted by molar-refractivity contribution is 5.88. The number of pyridine rings is 1. The monoisotopic (exact) mass is 369 g/mol. The van der Waals surface area contributed by atoms with Crippen LogP contribution in [0.5, 0.6) is 0 Å². The summed E-state index contributed by atoms with van der Waals surface area (Å²) < 4.78 is 2.20. The van der Waals surface area contributed by atoms with E-state index in [1.165, 1.54) is 0 Å². The first kappa shape index (κ1) is 17.7. The van der Waals surface area contributed by atoms with E-state index in [1.807, 2.05) is 18.3 Å². The SMILES string of the molecule is Cc1cc(C=Nc2ccc(C(=O)O)cc2)c(C)n1-c1ccc2ncccc2c1. The molecule has 2 aromatic carbocycles. The number of hydrogen-bond donors (Lipinski definition) is 1. The maximum Gasteiger partial charge on any atom is 0.335 e. The van der Waals surface area contributed by atoms with Crippen LogP contribution in [0.1, 0.15) is 27.3 Å². The molecule has 138 valence electrons. The third kappa shape index (κ3) is 3.30. The van der Waals surface area contributed by atoms with Crippen molar-refractivity contribution in [3.63, 3.8) is 0 Å². The number of carboxylic acid groups (broad SMARTS) is 1. The van der Waals surface area contributed by atoms with Gasteiger partial charge < -0.3 is 9.67 Å². The standard InChI is InChI=1S/C23H19N3O2/c1-15-12-19(14-25-20-7-5-17(6-8-20)23(27)28)16(2)26(15)21-9-10-22-18(13-21)4-3-11-24-22/h3-14H,1-2H3,(H,27,28). The molecule has 5 nitrogen and oxygen atoms in total. The first-order chi connectivity index (χ1) is 13.5. The van der Waals surface area contributed by atoms with Gasteiger partial charge in [0.2, 0.25) is 0 Å². The number of rotatable bonds is 4. The number of aryl methyl sites for hydroxylation is 1. The van der Waals surface area contributed by atoms with E-state index in [0.717, 1.165) is 33.5 Å². The van der Waals surface area contributed by atoms with Crippen LogP contribution < -0.4 is 0 Å². The molecule has 0 atom stereocenters. The van der Waals surface area contributed by atoms with Crippen molar-refractivity contribution in [3.8, 4) is 5.69 Å². The van der Waals surface area contributed by atoms with Crippen LogP contribution in [0.3, 0.4) is 0 Å². The molecule has 0 fully saturated rings. The molecule has 0 aliphatic rings. The lowest BCUT2D eigenvalue weighted by molar-refractivity contribution is 0.0697. The molecule has 5 heteroatoms. The van der Waals surface area contributed by atoms with Crippen molar-refractivity contribution in [1.82, 2.24) is 9.55 Å². The van der Waals surface area contributed by atoms with E-state index < -0.39 is 5.97 Å². The molecule has 28 heavy (non-hydrogen) atoms. The van der Waals surface area contributed by atoms with Crippen LogP contribution in [-0.2, 0) is 0 Å². The maximum atomic E-state index is 10.9. The fraction of sp³-hybridized carbons (Fsp3) is 0.0870. The number of aliphatic imine (C=N–C) groups is 1. The number of hydrogen-bond acceptors (Lipinski definition) is 3. The van der Waals surface area contributed by atoms with Crippen molar-refractivity contribution in [2.75, 3.05) is 0 Å². The first-order valence-electron chi connectivity index (χ1n) is 8.94. The van der Waals surface area contributed by atoms with Crippen LogP contribution in [0.4, 0.5) is 5.69 Å². The van der Waals surface area contributed by atoms with Gasteiger partial charge in [0.1, 0.15) is 0 Å². The van der Waals surface area contributed by atoms with E-state index in [9.17, 15) is 4.79 Å². The van der Waals surface area contributed by atoms with Crippen LogP contribution in [-0.4, -0.2) is 26.8 Å². The summed E-state index contributed by atoms with van der Waals surface area (Å²) in [6.45, 7) is 4.13. The van der Waals surface area contributed by atoms with E-state index in [2.05, 4.69) is 52.7 Å². The fourth-order valence-electron chi connectivity index (χ4n) is 3.35. The van der Waals surface area contributed by atoms with Gasteiger partial charge in [-0.15, -0.1) is 0 Å². The van der Waals surface area contributed by atoms with Crippen LogP contribution in [0.2, 0.25) is 0 Å². The molecule has 0 radical (unpaired) electrons. The number of carbonyl (C=O) groups is 1. The Morgan fingerprint density at radius 2 is 1.86 bits per heavy atom. The molecule has 4 aromatic rings. The Bertz CT molecular complexity index is 1200. The second-order valence-corrected chi connectivity index (χ2v) is 6.65. The molecule has 0 bridgehead atoms. The summed E-state index contributed by atoms with van der Waals surface area (Å²) in [7, 11) is 0. The van der Waals surface area contributed by atoms with Crippen molar-refractivity contribution >= 4 is 28.8 Å². The Balaban J connectivity index is 1.67.